The Hall–Kier alpha value is 0.705. The summed E-state index contributed by atoms with van der Waals surface area (Å²) in [6.07, 6.45) is 1.49. The summed E-state index contributed by atoms with van der Waals surface area (Å²) >= 11 is 0. The number of nitrogens with zero attached hydrogens (tertiary/aromatic N) is 1. The van der Waals surface area contributed by atoms with Gasteiger partial charge in [0.25, 0.3) is 0 Å². The van der Waals surface area contributed by atoms with Crippen molar-refractivity contribution < 1.29 is 29.5 Å². The Morgan fingerprint density at radius 3 is 0.841 bits per heavy atom. The van der Waals surface area contributed by atoms with Gasteiger partial charge in [-0.15, -0.1) is 0 Å². The van der Waals surface area contributed by atoms with Crippen LogP contribution in [0.3, 0.4) is 0 Å². The van der Waals surface area contributed by atoms with Gasteiger partial charge in [0.1, 0.15) is 0 Å². The first-order chi connectivity index (χ1) is 19.2. The Morgan fingerprint density at radius 1 is 0.477 bits per heavy atom. The van der Waals surface area contributed by atoms with Crippen molar-refractivity contribution in [2.75, 3.05) is 13.1 Å². The van der Waals surface area contributed by atoms with Gasteiger partial charge < -0.3 is 29.6 Å². The van der Waals surface area contributed by atoms with Crippen molar-refractivity contribution in [3.8, 4) is 0 Å². The molecule has 8 nitrogen and oxygen atoms in total. The molecule has 0 unspecified atom stereocenters. The van der Waals surface area contributed by atoms with Gasteiger partial charge in [0.2, 0.25) is 5.91 Å². The van der Waals surface area contributed by atoms with Crippen molar-refractivity contribution in [2.45, 2.75) is 150 Å². The van der Waals surface area contributed by atoms with Crippen LogP contribution in [0.5, 0.6) is 0 Å². The molecule has 0 heterocycles. The van der Waals surface area contributed by atoms with Crippen molar-refractivity contribution >= 4 is 73.4 Å². The molecule has 0 aliphatic carbocycles. The van der Waals surface area contributed by atoms with E-state index in [1.54, 1.807) is 6.92 Å². The molecule has 0 spiro atoms. The second kappa shape index (κ2) is 16.4. The third-order valence-electron chi connectivity index (χ3n) is 5.24. The Bertz CT molecular complexity index is 784. The highest BCUT2D eigenvalue weighted by molar-refractivity contribution is 6.91. The van der Waals surface area contributed by atoms with Crippen LogP contribution >= 0.6 is 0 Å². The Labute approximate surface area is 281 Å². The van der Waals surface area contributed by atoms with Gasteiger partial charge in [0.05, 0.1) is 0 Å². The SMILES string of the molecule is C=C(C)C(=O)N(CCC[Si](O[Si](C)(C)C)(O[Si](C)(C)C)O[Si](C)(C)C)CCC[Si](O[Si](C)(C)C)(O[Si](C)(C)C)O[Si](C)(C)C. The second-order valence-corrected chi connectivity index (χ2v) is 51.9. The molecule has 0 aromatic rings. The molecule has 0 saturated carbocycles. The number of rotatable bonds is 21. The smallest absolute Gasteiger partial charge is 0.417 e. The standard InChI is InChI=1S/C28H71NO7Si8/c1-27(2)28(30)29(23-21-25-43(31-37(3,4)5,32-38(6,7)8)33-39(9,10)11)24-22-26-44(34-40(12,13)14,35-41(15,16)17)36-42(18,19)20/h1,21-26H2,2-20H3. The van der Waals surface area contributed by atoms with Crippen LogP contribution in [-0.4, -0.2) is 91.4 Å². The normalized spacial score (nSPS) is 14.6. The minimum absolute atomic E-state index is 0.0174. The average Bonchev–Trinajstić information content (AvgIpc) is 2.63. The van der Waals surface area contributed by atoms with Gasteiger partial charge in [-0.05, 0) is 138 Å². The molecule has 0 rings (SSSR count). The summed E-state index contributed by atoms with van der Waals surface area (Å²) in [4.78, 5) is 15.4. The maximum atomic E-state index is 13.4. The summed E-state index contributed by atoms with van der Waals surface area (Å²) in [5, 5.41) is 0. The topological polar surface area (TPSA) is 75.7 Å². The van der Waals surface area contributed by atoms with E-state index in [0.29, 0.717) is 30.8 Å². The maximum Gasteiger partial charge on any atom is 0.469 e. The largest absolute Gasteiger partial charge is 0.469 e. The second-order valence-electron chi connectivity index (χ2n) is 17.9. The predicted molar refractivity (Wildman–Crippen MR) is 208 cm³/mol. The first-order valence-electron chi connectivity index (χ1n) is 16.3. The van der Waals surface area contributed by atoms with Gasteiger partial charge in [-0.1, -0.05) is 6.58 Å². The quantitative estimate of drug-likeness (QED) is 0.0854. The lowest BCUT2D eigenvalue weighted by Gasteiger charge is -2.43. The molecule has 0 saturated heterocycles. The molecule has 0 aliphatic rings. The van der Waals surface area contributed by atoms with E-state index in [0.717, 1.165) is 12.8 Å². The van der Waals surface area contributed by atoms with Crippen LogP contribution in [0.2, 0.25) is 130 Å². The van der Waals surface area contributed by atoms with Crippen molar-refractivity contribution in [1.29, 1.82) is 0 Å². The van der Waals surface area contributed by atoms with Crippen molar-refractivity contribution in [2.24, 2.45) is 0 Å². The molecule has 0 bridgehead atoms. The first kappa shape index (κ1) is 44.7. The molecule has 262 valence electrons. The monoisotopic (exact) mass is 757 g/mol. The molecule has 0 fully saturated rings. The fourth-order valence-corrected chi connectivity index (χ4v) is 34.1. The van der Waals surface area contributed by atoms with Crippen molar-refractivity contribution in [3.63, 3.8) is 0 Å². The summed E-state index contributed by atoms with van der Waals surface area (Å²) in [5.74, 6) is -0.0174. The number of hydrogen-bond donors (Lipinski definition) is 0. The summed E-state index contributed by atoms with van der Waals surface area (Å²) in [6.45, 7) is 46.7. The van der Waals surface area contributed by atoms with Crippen LogP contribution in [0.4, 0.5) is 0 Å². The highest BCUT2D eigenvalue weighted by Crippen LogP contribution is 2.32. The molecule has 1 amide bonds. The van der Waals surface area contributed by atoms with Crippen molar-refractivity contribution in [1.82, 2.24) is 4.90 Å². The molecule has 0 N–H and O–H groups in total. The fourth-order valence-electron chi connectivity index (χ4n) is 4.79. The zero-order valence-corrected chi connectivity index (χ0v) is 40.3. The number of carbonyl (C=O) groups excluding carboxylic acids is 1. The van der Waals surface area contributed by atoms with Crippen LogP contribution in [0.1, 0.15) is 19.8 Å². The fraction of sp³-hybridized carbons (Fsp3) is 0.893. The van der Waals surface area contributed by atoms with Crippen LogP contribution in [-0.2, 0) is 29.5 Å². The van der Waals surface area contributed by atoms with E-state index in [1.165, 1.54) is 0 Å². The zero-order valence-electron chi connectivity index (χ0n) is 32.3. The van der Waals surface area contributed by atoms with Gasteiger partial charge in [0, 0.05) is 30.8 Å². The third-order valence-corrected chi connectivity index (χ3v) is 29.3. The molecule has 0 radical (unpaired) electrons. The Kier molecular flexibility index (Phi) is 16.7. The van der Waals surface area contributed by atoms with E-state index in [2.05, 4.69) is 124 Å². The van der Waals surface area contributed by atoms with Crippen LogP contribution in [0, 0.1) is 0 Å². The number of hydrogen-bond acceptors (Lipinski definition) is 7. The van der Waals surface area contributed by atoms with Gasteiger partial charge >= 0.3 is 17.6 Å². The Balaban J connectivity index is 6.22. The maximum absolute atomic E-state index is 13.4. The molecule has 44 heavy (non-hydrogen) atoms. The van der Waals surface area contributed by atoms with Gasteiger partial charge in [0.15, 0.2) is 49.9 Å². The summed E-state index contributed by atoms with van der Waals surface area (Å²) < 4.78 is 41.3. The van der Waals surface area contributed by atoms with Gasteiger partial charge in [-0.3, -0.25) is 4.79 Å². The molecule has 0 aliphatic heterocycles. The summed E-state index contributed by atoms with van der Waals surface area (Å²) in [6, 6.07) is 1.39. The molecule has 0 aromatic heterocycles. The van der Waals surface area contributed by atoms with Gasteiger partial charge in [-0.2, -0.15) is 0 Å². The molecule has 0 atom stereocenters. The third kappa shape index (κ3) is 21.6. The average molecular weight is 759 g/mol. The molecular weight excluding hydrogens is 687 g/mol. The van der Waals surface area contributed by atoms with Gasteiger partial charge in [-0.25, -0.2) is 0 Å². The summed E-state index contributed by atoms with van der Waals surface area (Å²) in [5.41, 5.74) is 0.544. The van der Waals surface area contributed by atoms with Crippen LogP contribution in [0.15, 0.2) is 12.2 Å². The first-order valence-corrected chi connectivity index (χ1v) is 40.6. The number of amides is 1. The number of carbonyl (C=O) groups is 1. The van der Waals surface area contributed by atoms with Crippen LogP contribution < -0.4 is 0 Å². The zero-order chi connectivity index (χ0) is 35.2. The van der Waals surface area contributed by atoms with Crippen molar-refractivity contribution in [3.05, 3.63) is 12.2 Å². The lowest BCUT2D eigenvalue weighted by Crippen LogP contribution is -2.60. The Morgan fingerprint density at radius 2 is 0.682 bits per heavy atom. The summed E-state index contributed by atoms with van der Waals surface area (Å²) in [7, 11) is -17.8. The van der Waals surface area contributed by atoms with E-state index in [-0.39, 0.29) is 5.91 Å². The predicted octanol–water partition coefficient (Wildman–Crippen LogP) is 9.16. The highest BCUT2D eigenvalue weighted by atomic mass is 28.5. The highest BCUT2D eigenvalue weighted by Gasteiger charge is 2.51. The lowest BCUT2D eigenvalue weighted by atomic mass is 10.2. The van der Waals surface area contributed by atoms with E-state index >= 15 is 0 Å². The van der Waals surface area contributed by atoms with E-state index in [4.69, 9.17) is 24.7 Å². The lowest BCUT2D eigenvalue weighted by molar-refractivity contribution is -0.127. The van der Waals surface area contributed by atoms with Crippen LogP contribution in [0.25, 0.3) is 0 Å². The molecule has 0 aromatic carbocycles. The van der Waals surface area contributed by atoms with E-state index < -0.39 is 67.5 Å². The minimum Gasteiger partial charge on any atom is -0.417 e. The van der Waals surface area contributed by atoms with E-state index in [9.17, 15) is 4.79 Å². The molecule has 16 heteroatoms. The van der Waals surface area contributed by atoms with E-state index in [1.807, 2.05) is 4.90 Å². The minimum atomic E-state index is -2.99. The molecular formula is C28H71NO7Si8.